The molecule has 0 radical (unpaired) electrons. The molecule has 0 saturated heterocycles. The van der Waals surface area contributed by atoms with Crippen molar-refractivity contribution in [2.45, 2.75) is 19.4 Å². The van der Waals surface area contributed by atoms with Crippen LogP contribution < -0.4 is 5.43 Å². The molecule has 1 aromatic heterocycles. The summed E-state index contributed by atoms with van der Waals surface area (Å²) < 4.78 is 0. The summed E-state index contributed by atoms with van der Waals surface area (Å²) in [6, 6.07) is 3.42. The van der Waals surface area contributed by atoms with Crippen molar-refractivity contribution >= 4 is 17.9 Å². The van der Waals surface area contributed by atoms with Gasteiger partial charge in [0.25, 0.3) is 5.91 Å². The zero-order chi connectivity index (χ0) is 18.6. The van der Waals surface area contributed by atoms with Gasteiger partial charge in [0.15, 0.2) is 0 Å². The zero-order valence-corrected chi connectivity index (χ0v) is 14.7. The molecule has 0 bridgehead atoms. The number of carboxylic acid groups (broad SMARTS) is 1. The SMILES string of the molecule is CN1CCc2nc(C(=O)NN(CCC(=O)N(C)C)C(=O)O)ccc2C1. The Morgan fingerprint density at radius 2 is 2.04 bits per heavy atom. The fraction of sp³-hybridized carbons (Fsp3) is 0.500. The van der Waals surface area contributed by atoms with Gasteiger partial charge in [0.05, 0.1) is 6.54 Å². The number of amides is 3. The van der Waals surface area contributed by atoms with Crippen LogP contribution in [0.1, 0.15) is 28.2 Å². The monoisotopic (exact) mass is 349 g/mol. The van der Waals surface area contributed by atoms with Crippen LogP contribution in [0.15, 0.2) is 12.1 Å². The van der Waals surface area contributed by atoms with E-state index in [0.29, 0.717) is 5.01 Å². The maximum absolute atomic E-state index is 12.3. The van der Waals surface area contributed by atoms with E-state index >= 15 is 0 Å². The summed E-state index contributed by atoms with van der Waals surface area (Å²) in [4.78, 5) is 43.1. The van der Waals surface area contributed by atoms with Crippen molar-refractivity contribution in [3.8, 4) is 0 Å². The number of hydrogen-bond acceptors (Lipinski definition) is 5. The van der Waals surface area contributed by atoms with E-state index in [1.165, 1.54) is 4.90 Å². The van der Waals surface area contributed by atoms with Gasteiger partial charge in [0, 0.05) is 45.7 Å². The van der Waals surface area contributed by atoms with E-state index in [1.807, 2.05) is 13.1 Å². The number of rotatable bonds is 4. The molecule has 9 nitrogen and oxygen atoms in total. The number of aromatic nitrogens is 1. The van der Waals surface area contributed by atoms with Crippen molar-refractivity contribution in [3.63, 3.8) is 0 Å². The fourth-order valence-corrected chi connectivity index (χ4v) is 2.49. The van der Waals surface area contributed by atoms with E-state index in [4.69, 9.17) is 0 Å². The van der Waals surface area contributed by atoms with Crippen LogP contribution in [0.2, 0.25) is 0 Å². The number of carbonyl (C=O) groups excluding carboxylic acids is 2. The lowest BCUT2D eigenvalue weighted by Crippen LogP contribution is -2.47. The second-order valence-corrected chi connectivity index (χ2v) is 6.20. The Morgan fingerprint density at radius 1 is 1.32 bits per heavy atom. The molecule has 0 aliphatic carbocycles. The van der Waals surface area contributed by atoms with Crippen molar-refractivity contribution < 1.29 is 19.5 Å². The van der Waals surface area contributed by atoms with E-state index in [2.05, 4.69) is 15.3 Å². The standard InChI is InChI=1S/C16H23N5O4/c1-19(2)14(22)7-9-21(16(24)25)18-15(23)13-5-4-11-10-20(3)8-6-12(11)17-13/h4-5H,6-10H2,1-3H3,(H,18,23)(H,24,25). The van der Waals surface area contributed by atoms with Gasteiger partial charge in [-0.25, -0.2) is 14.8 Å². The van der Waals surface area contributed by atoms with Gasteiger partial charge in [-0.3, -0.25) is 15.0 Å². The molecular weight excluding hydrogens is 326 g/mol. The largest absolute Gasteiger partial charge is 0.464 e. The average molecular weight is 349 g/mol. The first-order chi connectivity index (χ1) is 11.8. The van der Waals surface area contributed by atoms with Gasteiger partial charge in [0.1, 0.15) is 5.69 Å². The van der Waals surface area contributed by atoms with E-state index in [0.717, 1.165) is 30.8 Å². The molecule has 2 rings (SSSR count). The van der Waals surface area contributed by atoms with E-state index in [-0.39, 0.29) is 24.6 Å². The first-order valence-corrected chi connectivity index (χ1v) is 7.97. The Bertz CT molecular complexity index is 676. The molecule has 0 unspecified atom stereocenters. The molecule has 0 spiro atoms. The second kappa shape index (κ2) is 7.93. The molecule has 9 heteroatoms. The zero-order valence-electron chi connectivity index (χ0n) is 14.7. The smallest absolute Gasteiger partial charge is 0.426 e. The highest BCUT2D eigenvalue weighted by Gasteiger charge is 2.21. The van der Waals surface area contributed by atoms with Crippen molar-refractivity contribution in [1.82, 2.24) is 25.2 Å². The van der Waals surface area contributed by atoms with Crippen LogP contribution in [0.3, 0.4) is 0 Å². The average Bonchev–Trinajstić information content (AvgIpc) is 2.57. The highest BCUT2D eigenvalue weighted by Crippen LogP contribution is 2.16. The number of hydrazine groups is 1. The Balaban J connectivity index is 2.03. The summed E-state index contributed by atoms with van der Waals surface area (Å²) in [5.74, 6) is -0.835. The number of hydrogen-bond donors (Lipinski definition) is 2. The molecule has 0 fully saturated rings. The third-order valence-electron chi connectivity index (χ3n) is 3.99. The van der Waals surface area contributed by atoms with Crippen LogP contribution in [0.25, 0.3) is 0 Å². The summed E-state index contributed by atoms with van der Waals surface area (Å²) in [5.41, 5.74) is 4.38. The molecule has 0 atom stereocenters. The summed E-state index contributed by atoms with van der Waals surface area (Å²) >= 11 is 0. The number of nitrogens with one attached hydrogen (secondary N) is 1. The molecule has 1 aliphatic heterocycles. The fourth-order valence-electron chi connectivity index (χ4n) is 2.49. The third-order valence-corrected chi connectivity index (χ3v) is 3.99. The summed E-state index contributed by atoms with van der Waals surface area (Å²) in [6.07, 6.45) is -0.615. The number of likely N-dealkylation sites (N-methyl/N-ethyl adjacent to an activating group) is 1. The maximum Gasteiger partial charge on any atom is 0.426 e. The van der Waals surface area contributed by atoms with Gasteiger partial charge in [-0.2, -0.15) is 0 Å². The molecule has 2 N–H and O–H groups in total. The Hall–Kier alpha value is -2.68. The van der Waals surface area contributed by atoms with Crippen LogP contribution in [-0.4, -0.2) is 77.0 Å². The molecule has 2 heterocycles. The Morgan fingerprint density at radius 3 is 2.68 bits per heavy atom. The first kappa shape index (κ1) is 18.7. The lowest BCUT2D eigenvalue weighted by atomic mass is 10.1. The molecule has 136 valence electrons. The molecule has 0 aromatic carbocycles. The van der Waals surface area contributed by atoms with E-state index < -0.39 is 12.0 Å². The maximum atomic E-state index is 12.3. The minimum Gasteiger partial charge on any atom is -0.464 e. The van der Waals surface area contributed by atoms with Crippen molar-refractivity contribution in [2.75, 3.05) is 34.2 Å². The summed E-state index contributed by atoms with van der Waals surface area (Å²) in [6.45, 7) is 1.50. The molecule has 1 aromatic rings. The first-order valence-electron chi connectivity index (χ1n) is 7.97. The van der Waals surface area contributed by atoms with Crippen LogP contribution in [0.5, 0.6) is 0 Å². The van der Waals surface area contributed by atoms with Gasteiger partial charge in [-0.1, -0.05) is 6.07 Å². The van der Waals surface area contributed by atoms with Crippen LogP contribution in [0, 0.1) is 0 Å². The van der Waals surface area contributed by atoms with Crippen LogP contribution >= 0.6 is 0 Å². The molecule has 3 amide bonds. The normalized spacial score (nSPS) is 13.7. The minimum atomic E-state index is -1.33. The topological polar surface area (TPSA) is 106 Å². The quantitative estimate of drug-likeness (QED) is 0.751. The molecular formula is C16H23N5O4. The molecule has 25 heavy (non-hydrogen) atoms. The Labute approximate surface area is 146 Å². The van der Waals surface area contributed by atoms with Gasteiger partial charge >= 0.3 is 6.09 Å². The van der Waals surface area contributed by atoms with Crippen molar-refractivity contribution in [1.29, 1.82) is 0 Å². The second-order valence-electron chi connectivity index (χ2n) is 6.20. The number of fused-ring (bicyclic) bond motifs is 1. The highest BCUT2D eigenvalue weighted by molar-refractivity contribution is 5.93. The molecule has 0 saturated carbocycles. The molecule has 1 aliphatic rings. The van der Waals surface area contributed by atoms with Crippen molar-refractivity contribution in [2.24, 2.45) is 0 Å². The predicted molar refractivity (Wildman–Crippen MR) is 89.8 cm³/mol. The number of pyridine rings is 1. The van der Waals surface area contributed by atoms with Crippen LogP contribution in [0.4, 0.5) is 4.79 Å². The summed E-state index contributed by atoms with van der Waals surface area (Å²) in [7, 11) is 5.18. The van der Waals surface area contributed by atoms with Gasteiger partial charge in [-0.15, -0.1) is 0 Å². The third kappa shape index (κ3) is 4.90. The van der Waals surface area contributed by atoms with E-state index in [1.54, 1.807) is 20.2 Å². The van der Waals surface area contributed by atoms with Gasteiger partial charge < -0.3 is 14.9 Å². The number of carbonyl (C=O) groups is 3. The highest BCUT2D eigenvalue weighted by atomic mass is 16.4. The predicted octanol–water partition coefficient (Wildman–Crippen LogP) is 0.173. The number of nitrogens with zero attached hydrogens (tertiary/aromatic N) is 4. The Kier molecular flexibility index (Phi) is 5.92. The lowest BCUT2D eigenvalue weighted by molar-refractivity contribution is -0.129. The van der Waals surface area contributed by atoms with Gasteiger partial charge in [0.2, 0.25) is 5.91 Å². The van der Waals surface area contributed by atoms with Gasteiger partial charge in [-0.05, 0) is 18.7 Å². The summed E-state index contributed by atoms with van der Waals surface area (Å²) in [5, 5.41) is 9.91. The van der Waals surface area contributed by atoms with Crippen LogP contribution in [-0.2, 0) is 17.8 Å². The minimum absolute atomic E-state index is 0.0243. The van der Waals surface area contributed by atoms with Crippen molar-refractivity contribution in [3.05, 3.63) is 29.1 Å². The lowest BCUT2D eigenvalue weighted by Gasteiger charge is -2.24. The van der Waals surface area contributed by atoms with E-state index in [9.17, 15) is 19.5 Å².